The van der Waals surface area contributed by atoms with Crippen molar-refractivity contribution in [1.82, 2.24) is 0 Å². The molecule has 0 aromatic carbocycles. The van der Waals surface area contributed by atoms with Crippen LogP contribution < -0.4 is 0 Å². The summed E-state index contributed by atoms with van der Waals surface area (Å²) in [7, 11) is 0. The molecule has 0 aliphatic carbocycles. The highest BCUT2D eigenvalue weighted by molar-refractivity contribution is 5.93. The Morgan fingerprint density at radius 2 is 1.62 bits per heavy atom. The minimum Gasteiger partial charge on any atom is -0.300 e. The van der Waals surface area contributed by atoms with Gasteiger partial charge in [0.05, 0.1) is 0 Å². The molecule has 0 saturated heterocycles. The SMILES string of the molecule is CCC(C)=O.CCCC#CC(C)=O. The van der Waals surface area contributed by atoms with Crippen molar-refractivity contribution in [2.75, 3.05) is 0 Å². The first-order chi connectivity index (χ1) is 6.04. The molecule has 0 N–H and O–H groups in total. The molecule has 0 saturated carbocycles. The van der Waals surface area contributed by atoms with Crippen LogP contribution in [0.25, 0.3) is 0 Å². The maximum atomic E-state index is 10.1. The van der Waals surface area contributed by atoms with Crippen molar-refractivity contribution in [2.24, 2.45) is 0 Å². The molecule has 2 nitrogen and oxygen atoms in total. The zero-order valence-electron chi connectivity index (χ0n) is 8.94. The fourth-order valence-corrected chi connectivity index (χ4v) is 0.312. The summed E-state index contributed by atoms with van der Waals surface area (Å²) in [6.07, 6.45) is 2.53. The molecule has 0 bridgehead atoms. The summed E-state index contributed by atoms with van der Waals surface area (Å²) in [6, 6.07) is 0. The molecule has 74 valence electrons. The van der Waals surface area contributed by atoms with Gasteiger partial charge >= 0.3 is 0 Å². The number of rotatable bonds is 2. The lowest BCUT2D eigenvalue weighted by molar-refractivity contribution is -0.116. The highest BCUT2D eigenvalue weighted by atomic mass is 16.1. The Morgan fingerprint density at radius 1 is 1.15 bits per heavy atom. The Balaban J connectivity index is 0. The Kier molecular flexibility index (Phi) is 12.1. The summed E-state index contributed by atoms with van der Waals surface area (Å²) in [4.78, 5) is 20.0. The zero-order chi connectivity index (χ0) is 10.7. The van der Waals surface area contributed by atoms with Gasteiger partial charge in [-0.05, 0) is 19.3 Å². The van der Waals surface area contributed by atoms with Crippen LogP contribution in [0.3, 0.4) is 0 Å². The van der Waals surface area contributed by atoms with Crippen molar-refractivity contribution < 1.29 is 9.59 Å². The fourth-order valence-electron chi connectivity index (χ4n) is 0.312. The van der Waals surface area contributed by atoms with E-state index in [9.17, 15) is 9.59 Å². The average molecular weight is 182 g/mol. The standard InChI is InChI=1S/C7H10O.C4H8O/c1-3-4-5-6-7(2)8;1-3-4(2)5/h3-4H2,1-2H3;3H2,1-2H3. The second-order valence-corrected chi connectivity index (χ2v) is 2.66. The molecule has 0 spiro atoms. The minimum atomic E-state index is -0.0431. The van der Waals surface area contributed by atoms with E-state index in [2.05, 4.69) is 11.8 Å². The van der Waals surface area contributed by atoms with Gasteiger partial charge in [-0.15, -0.1) is 0 Å². The van der Waals surface area contributed by atoms with Crippen LogP contribution in [-0.4, -0.2) is 11.6 Å². The van der Waals surface area contributed by atoms with Crippen molar-refractivity contribution >= 4 is 11.6 Å². The Bertz CT molecular complexity index is 206. The Hall–Kier alpha value is -1.10. The lowest BCUT2D eigenvalue weighted by Gasteiger charge is -1.74. The Morgan fingerprint density at radius 3 is 1.85 bits per heavy atom. The molecule has 0 amide bonds. The van der Waals surface area contributed by atoms with E-state index in [0.717, 1.165) is 12.8 Å². The van der Waals surface area contributed by atoms with E-state index in [4.69, 9.17) is 0 Å². The predicted octanol–water partition coefficient (Wildman–Crippen LogP) is 2.36. The second-order valence-electron chi connectivity index (χ2n) is 2.66. The molecular weight excluding hydrogens is 164 g/mol. The van der Waals surface area contributed by atoms with Gasteiger partial charge in [-0.3, -0.25) is 4.79 Å². The lowest BCUT2D eigenvalue weighted by atomic mass is 10.3. The Labute approximate surface area is 80.7 Å². The third-order valence-corrected chi connectivity index (χ3v) is 1.14. The van der Waals surface area contributed by atoms with E-state index in [1.54, 1.807) is 6.92 Å². The van der Waals surface area contributed by atoms with Gasteiger partial charge in [0.15, 0.2) is 0 Å². The number of carbonyl (C=O) groups excluding carboxylic acids is 2. The van der Waals surface area contributed by atoms with Crippen LogP contribution in [0.4, 0.5) is 0 Å². The molecule has 0 radical (unpaired) electrons. The van der Waals surface area contributed by atoms with Crippen LogP contribution in [0.1, 0.15) is 47.0 Å². The van der Waals surface area contributed by atoms with Crippen LogP contribution >= 0.6 is 0 Å². The van der Waals surface area contributed by atoms with E-state index in [1.807, 2.05) is 13.8 Å². The monoisotopic (exact) mass is 182 g/mol. The van der Waals surface area contributed by atoms with Gasteiger partial charge in [0.25, 0.3) is 0 Å². The number of carbonyl (C=O) groups is 2. The molecular formula is C11H18O2. The van der Waals surface area contributed by atoms with Crippen LogP contribution in [0, 0.1) is 11.8 Å². The second kappa shape index (κ2) is 10.9. The van der Waals surface area contributed by atoms with E-state index < -0.39 is 0 Å². The van der Waals surface area contributed by atoms with Crippen molar-refractivity contribution in [2.45, 2.75) is 47.0 Å². The summed E-state index contributed by atoms with van der Waals surface area (Å²) >= 11 is 0. The molecule has 0 rings (SSSR count). The van der Waals surface area contributed by atoms with Gasteiger partial charge in [0.2, 0.25) is 5.78 Å². The maximum absolute atomic E-state index is 10.1. The molecule has 0 aliphatic rings. The highest BCUT2D eigenvalue weighted by Gasteiger charge is 1.77. The van der Waals surface area contributed by atoms with E-state index in [-0.39, 0.29) is 11.6 Å². The predicted molar refractivity (Wildman–Crippen MR) is 54.3 cm³/mol. The van der Waals surface area contributed by atoms with E-state index >= 15 is 0 Å². The van der Waals surface area contributed by atoms with Gasteiger partial charge < -0.3 is 4.79 Å². The number of hydrogen-bond acceptors (Lipinski definition) is 2. The number of ketones is 2. The van der Waals surface area contributed by atoms with Crippen molar-refractivity contribution in [1.29, 1.82) is 0 Å². The lowest BCUT2D eigenvalue weighted by Crippen LogP contribution is -1.80. The third-order valence-electron chi connectivity index (χ3n) is 1.14. The zero-order valence-corrected chi connectivity index (χ0v) is 8.94. The normalized spacial score (nSPS) is 7.38. The summed E-state index contributed by atoms with van der Waals surface area (Å²) in [6.45, 7) is 6.94. The number of Topliss-reactive ketones (excluding diaryl/α,β-unsaturated/α-hetero) is 2. The molecule has 13 heavy (non-hydrogen) atoms. The fraction of sp³-hybridized carbons (Fsp3) is 0.636. The number of unbranched alkanes of at least 4 members (excludes halogenated alkanes) is 1. The summed E-state index contributed by atoms with van der Waals surface area (Å²) < 4.78 is 0. The largest absolute Gasteiger partial charge is 0.300 e. The molecule has 0 atom stereocenters. The molecule has 0 fully saturated rings. The maximum Gasteiger partial charge on any atom is 0.202 e. The van der Waals surface area contributed by atoms with Gasteiger partial charge in [0.1, 0.15) is 5.78 Å². The van der Waals surface area contributed by atoms with Gasteiger partial charge in [-0.2, -0.15) is 0 Å². The molecule has 2 heteroatoms. The molecule has 0 unspecified atom stereocenters. The smallest absolute Gasteiger partial charge is 0.202 e. The first-order valence-electron chi connectivity index (χ1n) is 4.53. The molecule has 0 aromatic rings. The number of hydrogen-bond donors (Lipinski definition) is 0. The van der Waals surface area contributed by atoms with Gasteiger partial charge in [-0.25, -0.2) is 0 Å². The topological polar surface area (TPSA) is 34.1 Å². The van der Waals surface area contributed by atoms with Crippen molar-refractivity contribution in [3.8, 4) is 11.8 Å². The van der Waals surface area contributed by atoms with E-state index in [0.29, 0.717) is 6.42 Å². The van der Waals surface area contributed by atoms with Crippen LogP contribution in [0.5, 0.6) is 0 Å². The minimum absolute atomic E-state index is 0.0431. The highest BCUT2D eigenvalue weighted by Crippen LogP contribution is 1.80. The third kappa shape index (κ3) is 24.8. The van der Waals surface area contributed by atoms with Gasteiger partial charge in [-0.1, -0.05) is 19.8 Å². The van der Waals surface area contributed by atoms with Crippen LogP contribution in [-0.2, 0) is 9.59 Å². The summed E-state index contributed by atoms with van der Waals surface area (Å²) in [5, 5.41) is 0. The average Bonchev–Trinajstić information content (AvgIpc) is 2.05. The first kappa shape index (κ1) is 14.4. The van der Waals surface area contributed by atoms with E-state index in [1.165, 1.54) is 6.92 Å². The van der Waals surface area contributed by atoms with Gasteiger partial charge in [0, 0.05) is 19.8 Å². The van der Waals surface area contributed by atoms with Crippen molar-refractivity contribution in [3.05, 3.63) is 0 Å². The summed E-state index contributed by atoms with van der Waals surface area (Å²) in [5.41, 5.74) is 0. The summed E-state index contributed by atoms with van der Waals surface area (Å²) in [5.74, 6) is 5.40. The quantitative estimate of drug-likeness (QED) is 0.485. The molecule has 0 aromatic heterocycles. The first-order valence-corrected chi connectivity index (χ1v) is 4.53. The van der Waals surface area contributed by atoms with Crippen molar-refractivity contribution in [3.63, 3.8) is 0 Å². The molecule has 0 heterocycles. The molecule has 0 aliphatic heterocycles. The van der Waals surface area contributed by atoms with Crippen LogP contribution in [0.15, 0.2) is 0 Å². The van der Waals surface area contributed by atoms with Crippen LogP contribution in [0.2, 0.25) is 0 Å².